The minimum Gasteiger partial charge on any atom is -0.316 e. The smallest absolute Gasteiger partial charge is 0.00386 e. The summed E-state index contributed by atoms with van der Waals surface area (Å²) in [5, 5.41) is 3.54. The van der Waals surface area contributed by atoms with Gasteiger partial charge >= 0.3 is 0 Å². The van der Waals surface area contributed by atoms with Crippen LogP contribution in [0.2, 0.25) is 0 Å². The molecule has 2 saturated heterocycles. The first-order valence-electron chi connectivity index (χ1n) is 7.71. The summed E-state index contributed by atoms with van der Waals surface area (Å²) in [5.74, 6) is 1.80. The predicted molar refractivity (Wildman–Crippen MR) is 72.1 cm³/mol. The summed E-state index contributed by atoms with van der Waals surface area (Å²) in [6.07, 6.45) is 9.00. The van der Waals surface area contributed by atoms with Crippen molar-refractivity contribution in [3.63, 3.8) is 0 Å². The van der Waals surface area contributed by atoms with Gasteiger partial charge in [0, 0.05) is 13.1 Å². The van der Waals surface area contributed by atoms with Gasteiger partial charge in [-0.25, -0.2) is 0 Å². The Bertz CT molecular complexity index is 258. The van der Waals surface area contributed by atoms with E-state index in [-0.39, 0.29) is 0 Å². The summed E-state index contributed by atoms with van der Waals surface area (Å²) < 4.78 is 0. The molecule has 2 aliphatic heterocycles. The zero-order chi connectivity index (χ0) is 11.7. The number of likely N-dealkylation sites (tertiary alicyclic amines) is 1. The monoisotopic (exact) mass is 236 g/mol. The van der Waals surface area contributed by atoms with E-state index in [2.05, 4.69) is 17.1 Å². The van der Waals surface area contributed by atoms with E-state index in [1.165, 1.54) is 71.2 Å². The average molecular weight is 236 g/mol. The third kappa shape index (κ3) is 2.53. The standard InChI is InChI=1S/C15H28N2/c1-13-9-16-10-14(13)11-17-8-7-15(12-17)5-3-2-4-6-15/h13-14,16H,2-12H2,1H3/t13-,14+/m1/s1. The van der Waals surface area contributed by atoms with Crippen LogP contribution >= 0.6 is 0 Å². The van der Waals surface area contributed by atoms with Crippen LogP contribution in [0.3, 0.4) is 0 Å². The van der Waals surface area contributed by atoms with Gasteiger partial charge in [-0.15, -0.1) is 0 Å². The van der Waals surface area contributed by atoms with Gasteiger partial charge in [-0.3, -0.25) is 0 Å². The fraction of sp³-hybridized carbons (Fsp3) is 1.00. The van der Waals surface area contributed by atoms with Crippen LogP contribution in [-0.2, 0) is 0 Å². The molecule has 0 unspecified atom stereocenters. The summed E-state index contributed by atoms with van der Waals surface area (Å²) in [5.41, 5.74) is 0.744. The molecule has 98 valence electrons. The van der Waals surface area contributed by atoms with E-state index >= 15 is 0 Å². The Hall–Kier alpha value is -0.0800. The van der Waals surface area contributed by atoms with E-state index in [0.29, 0.717) is 0 Å². The lowest BCUT2D eigenvalue weighted by atomic mass is 9.73. The Labute approximate surface area is 106 Å². The fourth-order valence-electron chi connectivity index (χ4n) is 4.33. The van der Waals surface area contributed by atoms with Crippen LogP contribution < -0.4 is 5.32 Å². The highest BCUT2D eigenvalue weighted by Gasteiger charge is 2.39. The molecule has 0 aromatic carbocycles. The summed E-state index contributed by atoms with van der Waals surface area (Å²) in [6, 6.07) is 0. The maximum Gasteiger partial charge on any atom is 0.00386 e. The van der Waals surface area contributed by atoms with Crippen molar-refractivity contribution in [1.29, 1.82) is 0 Å². The van der Waals surface area contributed by atoms with Crippen LogP contribution in [0.15, 0.2) is 0 Å². The van der Waals surface area contributed by atoms with Crippen molar-refractivity contribution in [3.05, 3.63) is 0 Å². The summed E-state index contributed by atoms with van der Waals surface area (Å²) in [7, 11) is 0. The Morgan fingerprint density at radius 3 is 2.65 bits per heavy atom. The molecule has 2 heterocycles. The number of nitrogens with zero attached hydrogens (tertiary/aromatic N) is 1. The molecule has 2 nitrogen and oxygen atoms in total. The highest BCUT2D eigenvalue weighted by Crippen LogP contribution is 2.43. The van der Waals surface area contributed by atoms with Gasteiger partial charge in [0.15, 0.2) is 0 Å². The molecular formula is C15H28N2. The summed E-state index contributed by atoms with van der Waals surface area (Å²) in [6.45, 7) is 9.06. The minimum atomic E-state index is 0.744. The first-order chi connectivity index (χ1) is 8.27. The second-order valence-corrected chi connectivity index (χ2v) is 6.94. The van der Waals surface area contributed by atoms with Gasteiger partial charge in [0.05, 0.1) is 0 Å². The molecule has 3 fully saturated rings. The SMILES string of the molecule is C[C@@H]1CNC[C@H]1CN1CCC2(CCCCC2)C1. The van der Waals surface area contributed by atoms with E-state index in [1.54, 1.807) is 0 Å². The molecule has 0 radical (unpaired) electrons. The van der Waals surface area contributed by atoms with E-state index < -0.39 is 0 Å². The predicted octanol–water partition coefficient (Wildman–Crippen LogP) is 2.50. The van der Waals surface area contributed by atoms with Crippen molar-refractivity contribution >= 4 is 0 Å². The van der Waals surface area contributed by atoms with Gasteiger partial charge < -0.3 is 10.2 Å². The molecule has 3 aliphatic rings. The molecule has 3 rings (SSSR count). The lowest BCUT2D eigenvalue weighted by Crippen LogP contribution is -2.34. The number of hydrogen-bond acceptors (Lipinski definition) is 2. The van der Waals surface area contributed by atoms with E-state index in [4.69, 9.17) is 0 Å². The number of hydrogen-bond donors (Lipinski definition) is 1. The van der Waals surface area contributed by atoms with E-state index in [9.17, 15) is 0 Å². The maximum absolute atomic E-state index is 3.54. The zero-order valence-electron chi connectivity index (χ0n) is 11.4. The van der Waals surface area contributed by atoms with Crippen LogP contribution in [0.1, 0.15) is 45.4 Å². The van der Waals surface area contributed by atoms with Crippen molar-refractivity contribution < 1.29 is 0 Å². The van der Waals surface area contributed by atoms with E-state index in [1.807, 2.05) is 0 Å². The van der Waals surface area contributed by atoms with Gasteiger partial charge in [0.1, 0.15) is 0 Å². The van der Waals surface area contributed by atoms with Crippen molar-refractivity contribution in [2.24, 2.45) is 17.3 Å². The number of nitrogens with one attached hydrogen (secondary N) is 1. The molecule has 1 spiro atoms. The van der Waals surface area contributed by atoms with Gasteiger partial charge in [-0.1, -0.05) is 26.2 Å². The summed E-state index contributed by atoms with van der Waals surface area (Å²) >= 11 is 0. The maximum atomic E-state index is 3.54. The molecule has 2 heteroatoms. The molecule has 0 aromatic heterocycles. The topological polar surface area (TPSA) is 15.3 Å². The third-order valence-electron chi connectivity index (χ3n) is 5.60. The van der Waals surface area contributed by atoms with E-state index in [0.717, 1.165) is 17.3 Å². The van der Waals surface area contributed by atoms with Crippen LogP contribution in [0.25, 0.3) is 0 Å². The van der Waals surface area contributed by atoms with Gasteiger partial charge in [-0.2, -0.15) is 0 Å². The van der Waals surface area contributed by atoms with Crippen LogP contribution in [-0.4, -0.2) is 37.6 Å². The van der Waals surface area contributed by atoms with Crippen molar-refractivity contribution in [3.8, 4) is 0 Å². The number of rotatable bonds is 2. The Morgan fingerprint density at radius 1 is 1.12 bits per heavy atom. The van der Waals surface area contributed by atoms with Gasteiger partial charge in [0.25, 0.3) is 0 Å². The second-order valence-electron chi connectivity index (χ2n) is 6.94. The summed E-state index contributed by atoms with van der Waals surface area (Å²) in [4.78, 5) is 2.78. The van der Waals surface area contributed by atoms with Crippen LogP contribution in [0.4, 0.5) is 0 Å². The Morgan fingerprint density at radius 2 is 1.94 bits per heavy atom. The molecular weight excluding hydrogens is 208 g/mol. The van der Waals surface area contributed by atoms with Crippen molar-refractivity contribution in [2.75, 3.05) is 32.7 Å². The third-order valence-corrected chi connectivity index (χ3v) is 5.60. The lowest BCUT2D eigenvalue weighted by Gasteiger charge is -2.34. The Balaban J connectivity index is 1.53. The lowest BCUT2D eigenvalue weighted by molar-refractivity contribution is 0.173. The average Bonchev–Trinajstić information content (AvgIpc) is 2.90. The Kier molecular flexibility index (Phi) is 3.45. The molecule has 1 aliphatic carbocycles. The first-order valence-corrected chi connectivity index (χ1v) is 7.71. The van der Waals surface area contributed by atoms with Crippen molar-refractivity contribution in [2.45, 2.75) is 45.4 Å². The quantitative estimate of drug-likeness (QED) is 0.792. The van der Waals surface area contributed by atoms with Gasteiger partial charge in [0.2, 0.25) is 0 Å². The molecule has 17 heavy (non-hydrogen) atoms. The minimum absolute atomic E-state index is 0.744. The van der Waals surface area contributed by atoms with Gasteiger partial charge in [-0.05, 0) is 56.1 Å². The fourth-order valence-corrected chi connectivity index (χ4v) is 4.33. The molecule has 2 atom stereocenters. The second kappa shape index (κ2) is 4.89. The molecule has 0 aromatic rings. The molecule has 1 saturated carbocycles. The molecule has 0 amide bonds. The molecule has 1 N–H and O–H groups in total. The van der Waals surface area contributed by atoms with Crippen LogP contribution in [0.5, 0.6) is 0 Å². The van der Waals surface area contributed by atoms with Crippen molar-refractivity contribution in [1.82, 2.24) is 10.2 Å². The molecule has 0 bridgehead atoms. The highest BCUT2D eigenvalue weighted by atomic mass is 15.2. The zero-order valence-corrected chi connectivity index (χ0v) is 11.4. The largest absolute Gasteiger partial charge is 0.316 e. The van der Waals surface area contributed by atoms with Crippen LogP contribution in [0, 0.1) is 17.3 Å². The normalized spacial score (nSPS) is 37.9. The highest BCUT2D eigenvalue weighted by molar-refractivity contribution is 4.93. The first kappa shape index (κ1) is 12.0.